The molecule has 2 aromatic heterocycles. The van der Waals surface area contributed by atoms with Crippen LogP contribution in [0, 0.1) is 5.92 Å². The molecule has 0 saturated heterocycles. The number of nitrogen functional groups attached to an aromatic ring is 1. The molecule has 0 saturated carbocycles. The van der Waals surface area contributed by atoms with Gasteiger partial charge in [0.05, 0.1) is 30.0 Å². The number of esters is 1. The number of nitrogens with two attached hydrogens (primary N) is 1. The van der Waals surface area contributed by atoms with Crippen LogP contribution in [0.1, 0.15) is 49.9 Å². The highest BCUT2D eigenvalue weighted by atomic mass is 35.5. The molecule has 1 aromatic carbocycles. The molecule has 0 bridgehead atoms. The number of fused-ring (bicyclic) bond motifs is 1. The molecule has 2 N–H and O–H groups in total. The fourth-order valence-corrected chi connectivity index (χ4v) is 3.11. The first-order valence-corrected chi connectivity index (χ1v) is 9.84. The Hall–Kier alpha value is -2.67. The van der Waals surface area contributed by atoms with Crippen molar-refractivity contribution in [2.75, 3.05) is 12.3 Å². The number of anilines is 1. The Bertz CT molecular complexity index is 972. The van der Waals surface area contributed by atoms with E-state index < -0.39 is 5.97 Å². The molecule has 0 fully saturated rings. The lowest BCUT2D eigenvalue weighted by atomic mass is 10.0. The maximum atomic E-state index is 12.4. The third kappa shape index (κ3) is 4.42. The molecule has 8 heteroatoms. The summed E-state index contributed by atoms with van der Waals surface area (Å²) < 4.78 is 6.85. The van der Waals surface area contributed by atoms with Crippen molar-refractivity contribution in [2.24, 2.45) is 5.92 Å². The zero-order valence-electron chi connectivity index (χ0n) is 16.1. The van der Waals surface area contributed by atoms with Crippen molar-refractivity contribution in [1.29, 1.82) is 0 Å². The zero-order chi connectivity index (χ0) is 20.1. The second-order valence-electron chi connectivity index (χ2n) is 6.73. The molecule has 0 aliphatic heterocycles. The van der Waals surface area contributed by atoms with Crippen LogP contribution < -0.4 is 5.73 Å². The van der Waals surface area contributed by atoms with Gasteiger partial charge >= 0.3 is 5.97 Å². The summed E-state index contributed by atoms with van der Waals surface area (Å²) in [6.45, 7) is 4.64. The van der Waals surface area contributed by atoms with Crippen molar-refractivity contribution in [3.63, 3.8) is 0 Å². The van der Waals surface area contributed by atoms with Gasteiger partial charge in [0.25, 0.3) is 0 Å². The van der Waals surface area contributed by atoms with Gasteiger partial charge in [0.2, 0.25) is 0 Å². The Morgan fingerprint density at radius 2 is 2.11 bits per heavy atom. The number of carbonyl (C=O) groups excluding carboxylic acids is 1. The van der Waals surface area contributed by atoms with E-state index in [2.05, 4.69) is 28.9 Å². The smallest absolute Gasteiger partial charge is 0.343 e. The lowest BCUT2D eigenvalue weighted by molar-refractivity contribution is 0.0429. The van der Waals surface area contributed by atoms with Gasteiger partial charge in [-0.2, -0.15) is 9.78 Å². The summed E-state index contributed by atoms with van der Waals surface area (Å²) in [6, 6.07) is 5.23. The van der Waals surface area contributed by atoms with E-state index in [0.29, 0.717) is 34.4 Å². The second kappa shape index (κ2) is 9.01. The van der Waals surface area contributed by atoms with Crippen molar-refractivity contribution < 1.29 is 9.53 Å². The van der Waals surface area contributed by atoms with Crippen molar-refractivity contribution in [2.45, 2.75) is 39.5 Å². The fourth-order valence-electron chi connectivity index (χ4n) is 2.94. The highest BCUT2D eigenvalue weighted by Gasteiger charge is 2.19. The molecule has 3 aromatic rings. The van der Waals surface area contributed by atoms with Crippen LogP contribution in [0.5, 0.6) is 0 Å². The average Bonchev–Trinajstić information content (AvgIpc) is 3.09. The summed E-state index contributed by atoms with van der Waals surface area (Å²) in [5, 5.41) is 4.78. The first-order chi connectivity index (χ1) is 13.5. The van der Waals surface area contributed by atoms with Crippen LogP contribution in [0.4, 0.5) is 5.82 Å². The van der Waals surface area contributed by atoms with E-state index in [1.807, 2.05) is 0 Å². The summed E-state index contributed by atoms with van der Waals surface area (Å²) in [7, 11) is 0. The molecule has 0 amide bonds. The first kappa shape index (κ1) is 20.1. The highest BCUT2D eigenvalue weighted by molar-refractivity contribution is 6.31. The lowest BCUT2D eigenvalue weighted by Crippen LogP contribution is -2.15. The minimum absolute atomic E-state index is 0.175. The van der Waals surface area contributed by atoms with Crippen LogP contribution in [0.25, 0.3) is 16.9 Å². The summed E-state index contributed by atoms with van der Waals surface area (Å²) >= 11 is 5.97. The van der Waals surface area contributed by atoms with Crippen molar-refractivity contribution in [1.82, 2.24) is 19.7 Å². The Labute approximate surface area is 168 Å². The van der Waals surface area contributed by atoms with Gasteiger partial charge < -0.3 is 10.5 Å². The number of unbranched alkanes of at least 4 members (excludes halogenated alkanes) is 1. The Morgan fingerprint density at radius 3 is 2.86 bits per heavy atom. The third-order valence-corrected chi connectivity index (χ3v) is 4.96. The van der Waals surface area contributed by atoms with Crippen LogP contribution in [-0.2, 0) is 4.74 Å². The fraction of sp³-hybridized carbons (Fsp3) is 0.400. The van der Waals surface area contributed by atoms with E-state index in [1.165, 1.54) is 17.1 Å². The number of halogens is 1. The summed E-state index contributed by atoms with van der Waals surface area (Å²) in [6.07, 6.45) is 7.21. The number of rotatable bonds is 8. The van der Waals surface area contributed by atoms with Crippen LogP contribution in [0.15, 0.2) is 30.6 Å². The summed E-state index contributed by atoms with van der Waals surface area (Å²) in [5.41, 5.74) is 7.68. The van der Waals surface area contributed by atoms with E-state index in [1.54, 1.807) is 18.2 Å². The van der Waals surface area contributed by atoms with Gasteiger partial charge in [-0.25, -0.2) is 9.78 Å². The second-order valence-corrected chi connectivity index (χ2v) is 7.17. The topological polar surface area (TPSA) is 95.9 Å². The number of hydrogen-bond acceptors (Lipinski definition) is 6. The molecule has 28 heavy (non-hydrogen) atoms. The van der Waals surface area contributed by atoms with Crippen LogP contribution in [-0.4, -0.2) is 32.3 Å². The van der Waals surface area contributed by atoms with E-state index in [-0.39, 0.29) is 11.4 Å². The number of carbonyl (C=O) groups is 1. The number of ether oxygens (including phenoxy) is 1. The highest BCUT2D eigenvalue weighted by Crippen LogP contribution is 2.21. The quantitative estimate of drug-likeness (QED) is 0.561. The van der Waals surface area contributed by atoms with Gasteiger partial charge in [0, 0.05) is 5.02 Å². The Kier molecular flexibility index (Phi) is 6.46. The van der Waals surface area contributed by atoms with E-state index in [0.717, 1.165) is 25.7 Å². The van der Waals surface area contributed by atoms with Gasteiger partial charge in [-0.1, -0.05) is 44.7 Å². The molecule has 1 unspecified atom stereocenters. The molecular formula is C20H24ClN5O2. The number of aromatic nitrogens is 4. The van der Waals surface area contributed by atoms with Crippen molar-refractivity contribution in [3.8, 4) is 5.82 Å². The average molecular weight is 402 g/mol. The molecule has 0 aliphatic carbocycles. The molecule has 0 aliphatic rings. The van der Waals surface area contributed by atoms with Gasteiger partial charge in [-0.3, -0.25) is 4.98 Å². The third-order valence-electron chi connectivity index (χ3n) is 4.73. The molecule has 1 atom stereocenters. The summed E-state index contributed by atoms with van der Waals surface area (Å²) in [5.74, 6) is 0.479. The Balaban J connectivity index is 1.76. The maximum Gasteiger partial charge on any atom is 0.343 e. The minimum atomic E-state index is -0.473. The molecule has 2 heterocycles. The van der Waals surface area contributed by atoms with Gasteiger partial charge in [-0.05, 0) is 30.5 Å². The number of benzene rings is 1. The molecule has 7 nitrogen and oxygen atoms in total. The van der Waals surface area contributed by atoms with Crippen LogP contribution in [0.3, 0.4) is 0 Å². The molecule has 148 valence electrons. The monoisotopic (exact) mass is 401 g/mol. The van der Waals surface area contributed by atoms with E-state index in [9.17, 15) is 4.79 Å². The standard InChI is InChI=1S/C20H24ClN5O2/c1-3-5-6-13(4-2)12-28-20(27)15-10-24-26(19(15)22)18-11-23-17-9-14(21)7-8-16(17)25-18/h7-11,13H,3-6,12,22H2,1-2H3. The SMILES string of the molecule is CCCCC(CC)COC(=O)c1cnn(-c2cnc3cc(Cl)ccc3n2)c1N. The predicted molar refractivity (Wildman–Crippen MR) is 110 cm³/mol. The molecule has 3 rings (SSSR count). The van der Waals surface area contributed by atoms with Crippen molar-refractivity contribution in [3.05, 3.63) is 41.2 Å². The number of nitrogens with zero attached hydrogens (tertiary/aromatic N) is 4. The molecular weight excluding hydrogens is 378 g/mol. The first-order valence-electron chi connectivity index (χ1n) is 9.46. The number of hydrogen-bond donors (Lipinski definition) is 1. The normalized spacial score (nSPS) is 12.2. The molecule has 0 radical (unpaired) electrons. The summed E-state index contributed by atoms with van der Waals surface area (Å²) in [4.78, 5) is 21.3. The predicted octanol–water partition coefficient (Wildman–Crippen LogP) is 4.42. The van der Waals surface area contributed by atoms with E-state index >= 15 is 0 Å². The lowest BCUT2D eigenvalue weighted by Gasteiger charge is -2.14. The maximum absolute atomic E-state index is 12.4. The van der Waals surface area contributed by atoms with Crippen LogP contribution >= 0.6 is 11.6 Å². The Morgan fingerprint density at radius 1 is 1.29 bits per heavy atom. The largest absolute Gasteiger partial charge is 0.462 e. The molecule has 0 spiro atoms. The van der Waals surface area contributed by atoms with Crippen molar-refractivity contribution >= 4 is 34.4 Å². The minimum Gasteiger partial charge on any atom is -0.462 e. The van der Waals surface area contributed by atoms with E-state index in [4.69, 9.17) is 22.1 Å². The van der Waals surface area contributed by atoms with Gasteiger partial charge in [0.1, 0.15) is 11.4 Å². The van der Waals surface area contributed by atoms with Crippen LogP contribution in [0.2, 0.25) is 5.02 Å². The van der Waals surface area contributed by atoms with Gasteiger partial charge in [0.15, 0.2) is 5.82 Å². The van der Waals surface area contributed by atoms with Gasteiger partial charge in [-0.15, -0.1) is 0 Å². The zero-order valence-corrected chi connectivity index (χ0v) is 16.8.